The van der Waals surface area contributed by atoms with Gasteiger partial charge in [-0.3, -0.25) is 19.7 Å². The van der Waals surface area contributed by atoms with Gasteiger partial charge in [0.05, 0.1) is 16.0 Å². The molecule has 0 amide bonds. The van der Waals surface area contributed by atoms with Crippen molar-refractivity contribution in [3.8, 4) is 0 Å². The molecule has 0 radical (unpaired) electrons. The summed E-state index contributed by atoms with van der Waals surface area (Å²) in [5.74, 6) is -0.844. The molecule has 0 unspecified atom stereocenters. The second-order valence-electron chi connectivity index (χ2n) is 5.99. The average Bonchev–Trinajstić information content (AvgIpc) is 3.05. The Labute approximate surface area is 154 Å². The Balaban J connectivity index is 1.74. The third-order valence-corrected chi connectivity index (χ3v) is 4.80. The Bertz CT molecular complexity index is 819. The van der Waals surface area contributed by atoms with Crippen LogP contribution in [0.3, 0.4) is 0 Å². The van der Waals surface area contributed by atoms with E-state index < -0.39 is 10.7 Å². The van der Waals surface area contributed by atoms with E-state index in [9.17, 15) is 24.1 Å². The molecule has 6 nitrogen and oxygen atoms in total. The fourth-order valence-electron chi connectivity index (χ4n) is 2.52. The highest BCUT2D eigenvalue weighted by Crippen LogP contribution is 2.21. The van der Waals surface area contributed by atoms with Gasteiger partial charge in [-0.05, 0) is 31.4 Å². The Morgan fingerprint density at radius 2 is 2.04 bits per heavy atom. The van der Waals surface area contributed by atoms with E-state index in [2.05, 4.69) is 4.98 Å². The first-order chi connectivity index (χ1) is 12.4. The molecule has 8 heteroatoms. The number of nitro groups is 1. The molecule has 0 N–H and O–H groups in total. The van der Waals surface area contributed by atoms with Gasteiger partial charge >= 0.3 is 0 Å². The van der Waals surface area contributed by atoms with Gasteiger partial charge < -0.3 is 0 Å². The van der Waals surface area contributed by atoms with E-state index in [4.69, 9.17) is 0 Å². The largest absolute Gasteiger partial charge is 0.299 e. The Hall–Kier alpha value is -2.48. The fourth-order valence-corrected chi connectivity index (χ4v) is 3.40. The fraction of sp³-hybridized carbons (Fsp3) is 0.389. The van der Waals surface area contributed by atoms with Gasteiger partial charge in [0.2, 0.25) is 0 Å². The van der Waals surface area contributed by atoms with Gasteiger partial charge in [-0.15, -0.1) is 11.3 Å². The van der Waals surface area contributed by atoms with Crippen molar-refractivity contribution in [2.75, 3.05) is 0 Å². The van der Waals surface area contributed by atoms with Crippen molar-refractivity contribution < 1.29 is 18.9 Å². The average molecular weight is 378 g/mol. The third-order valence-electron chi connectivity index (χ3n) is 3.89. The molecule has 0 aliphatic heterocycles. The Morgan fingerprint density at radius 1 is 1.27 bits per heavy atom. The number of halogens is 1. The van der Waals surface area contributed by atoms with E-state index >= 15 is 0 Å². The molecule has 1 heterocycles. The molecule has 1 aromatic carbocycles. The van der Waals surface area contributed by atoms with E-state index in [0.29, 0.717) is 18.5 Å². The minimum absolute atomic E-state index is 0.0482. The number of rotatable bonds is 10. The lowest BCUT2D eigenvalue weighted by Gasteiger charge is -2.03. The van der Waals surface area contributed by atoms with E-state index in [0.717, 1.165) is 36.4 Å². The maximum Gasteiger partial charge on any atom is 0.275 e. The van der Waals surface area contributed by atoms with Crippen LogP contribution in [0.2, 0.25) is 0 Å². The molecule has 26 heavy (non-hydrogen) atoms. The maximum atomic E-state index is 13.1. The van der Waals surface area contributed by atoms with Crippen molar-refractivity contribution in [2.24, 2.45) is 0 Å². The highest BCUT2D eigenvalue weighted by Gasteiger charge is 2.17. The molecule has 0 atom stereocenters. The van der Waals surface area contributed by atoms with Gasteiger partial charge in [-0.25, -0.2) is 9.37 Å². The second kappa shape index (κ2) is 9.28. The highest BCUT2D eigenvalue weighted by molar-refractivity contribution is 7.09. The van der Waals surface area contributed by atoms with Crippen LogP contribution in [0.1, 0.15) is 53.7 Å². The predicted octanol–water partition coefficient (Wildman–Crippen LogP) is 4.31. The number of thiazole rings is 1. The number of hydrogen-bond acceptors (Lipinski definition) is 6. The monoisotopic (exact) mass is 378 g/mol. The van der Waals surface area contributed by atoms with Gasteiger partial charge in [-0.2, -0.15) is 0 Å². The number of unbranched alkanes of at least 4 members (excludes halogenated alkanes) is 2. The van der Waals surface area contributed by atoms with Crippen molar-refractivity contribution in [2.45, 2.75) is 45.4 Å². The normalized spacial score (nSPS) is 10.7. The van der Waals surface area contributed by atoms with Crippen LogP contribution in [-0.2, 0) is 17.6 Å². The lowest BCUT2D eigenvalue weighted by molar-refractivity contribution is -0.385. The minimum atomic E-state index is -0.692. The number of carbonyl (C=O) groups excluding carboxylic acids is 2. The molecule has 2 aromatic rings. The van der Waals surface area contributed by atoms with Crippen LogP contribution in [0, 0.1) is 15.9 Å². The molecule has 1 aromatic heterocycles. The lowest BCUT2D eigenvalue weighted by Crippen LogP contribution is -2.05. The third kappa shape index (κ3) is 5.80. The zero-order valence-corrected chi connectivity index (χ0v) is 15.2. The Morgan fingerprint density at radius 3 is 2.69 bits per heavy atom. The van der Waals surface area contributed by atoms with Crippen molar-refractivity contribution in [1.29, 1.82) is 0 Å². The molecule has 0 saturated heterocycles. The number of benzene rings is 1. The molecule has 138 valence electrons. The standard InChI is InChI=1S/C18H19FN2O4S/c1-12(22)16-11-26-18(20-16)6-4-2-3-5-15(23)9-13-7-8-14(19)10-17(13)21(24)25/h7-8,10-11H,2-6,9H2,1H3. The van der Waals surface area contributed by atoms with Crippen LogP contribution in [0.5, 0.6) is 0 Å². The summed E-state index contributed by atoms with van der Waals surface area (Å²) in [6.45, 7) is 1.48. The first-order valence-electron chi connectivity index (χ1n) is 8.26. The highest BCUT2D eigenvalue weighted by atomic mass is 32.1. The number of ketones is 2. The van der Waals surface area contributed by atoms with Crippen LogP contribution in [-0.4, -0.2) is 21.5 Å². The number of aromatic nitrogens is 1. The van der Waals surface area contributed by atoms with Gasteiger partial charge in [-0.1, -0.05) is 6.42 Å². The summed E-state index contributed by atoms with van der Waals surface area (Å²) in [6, 6.07) is 3.26. The minimum Gasteiger partial charge on any atom is -0.299 e. The smallest absolute Gasteiger partial charge is 0.275 e. The molecule has 0 fully saturated rings. The summed E-state index contributed by atoms with van der Waals surface area (Å²) in [5.41, 5.74) is 0.366. The molecule has 0 bridgehead atoms. The summed E-state index contributed by atoms with van der Waals surface area (Å²) in [5, 5.41) is 13.6. The molecular weight excluding hydrogens is 359 g/mol. The molecule has 0 spiro atoms. The first kappa shape index (κ1) is 19.8. The molecule has 0 aliphatic carbocycles. The van der Waals surface area contributed by atoms with Gasteiger partial charge in [0.15, 0.2) is 5.78 Å². The zero-order chi connectivity index (χ0) is 19.1. The van der Waals surface area contributed by atoms with Crippen LogP contribution in [0.15, 0.2) is 23.6 Å². The van der Waals surface area contributed by atoms with E-state index in [-0.39, 0.29) is 29.2 Å². The van der Waals surface area contributed by atoms with E-state index in [1.165, 1.54) is 24.3 Å². The quantitative estimate of drug-likeness (QED) is 0.266. The summed E-state index contributed by atoms with van der Waals surface area (Å²) in [7, 11) is 0. The number of hydrogen-bond donors (Lipinski definition) is 0. The Kier molecular flexibility index (Phi) is 7.08. The van der Waals surface area contributed by atoms with Crippen LogP contribution < -0.4 is 0 Å². The second-order valence-corrected chi connectivity index (χ2v) is 6.93. The molecule has 2 rings (SSSR count). The maximum absolute atomic E-state index is 13.1. The van der Waals surface area contributed by atoms with E-state index in [1.54, 1.807) is 5.38 Å². The number of aryl methyl sites for hydroxylation is 1. The van der Waals surface area contributed by atoms with Crippen molar-refractivity contribution in [3.05, 3.63) is 55.8 Å². The van der Waals surface area contributed by atoms with Gasteiger partial charge in [0.25, 0.3) is 5.69 Å². The topological polar surface area (TPSA) is 90.2 Å². The van der Waals surface area contributed by atoms with Crippen LogP contribution in [0.25, 0.3) is 0 Å². The molecular formula is C18H19FN2O4S. The summed E-state index contributed by atoms with van der Waals surface area (Å²) >= 11 is 1.46. The van der Waals surface area contributed by atoms with Crippen molar-refractivity contribution in [1.82, 2.24) is 4.98 Å². The summed E-state index contributed by atoms with van der Waals surface area (Å²) in [6.07, 6.45) is 3.38. The summed E-state index contributed by atoms with van der Waals surface area (Å²) < 4.78 is 13.1. The zero-order valence-electron chi connectivity index (χ0n) is 14.4. The molecule has 0 aliphatic rings. The predicted molar refractivity (Wildman–Crippen MR) is 96.1 cm³/mol. The number of carbonyl (C=O) groups is 2. The van der Waals surface area contributed by atoms with Gasteiger partial charge in [0, 0.05) is 30.7 Å². The van der Waals surface area contributed by atoms with Crippen LogP contribution in [0.4, 0.5) is 10.1 Å². The van der Waals surface area contributed by atoms with Crippen molar-refractivity contribution >= 4 is 28.6 Å². The van der Waals surface area contributed by atoms with Crippen molar-refractivity contribution in [3.63, 3.8) is 0 Å². The number of Topliss-reactive ketones (excluding diaryl/α,β-unsaturated/α-hetero) is 2. The SMILES string of the molecule is CC(=O)c1csc(CCCCCC(=O)Cc2ccc(F)cc2[N+](=O)[O-])n1. The molecule has 0 saturated carbocycles. The van der Waals surface area contributed by atoms with Gasteiger partial charge in [0.1, 0.15) is 17.3 Å². The number of nitrogens with zero attached hydrogens (tertiary/aromatic N) is 2. The first-order valence-corrected chi connectivity index (χ1v) is 9.14. The van der Waals surface area contributed by atoms with Crippen LogP contribution >= 0.6 is 11.3 Å². The summed E-state index contributed by atoms with van der Waals surface area (Å²) in [4.78, 5) is 37.7. The van der Waals surface area contributed by atoms with E-state index in [1.807, 2.05) is 0 Å². The number of nitro benzene ring substituents is 1. The lowest BCUT2D eigenvalue weighted by atomic mass is 10.0.